The topological polar surface area (TPSA) is 58.1 Å². The standard InChI is InChI=1S/C19H16Cl2N4O/c1-12-11-16(18(26)23-15-10-6-9-14(20)17(15)21)24-19(22-12)25(2)13-7-4-3-5-8-13/h3-11H,1-2H3,(H,23,26). The van der Waals surface area contributed by atoms with Gasteiger partial charge >= 0.3 is 0 Å². The molecule has 7 heteroatoms. The number of hydrogen-bond acceptors (Lipinski definition) is 4. The van der Waals surface area contributed by atoms with Gasteiger partial charge in [-0.15, -0.1) is 0 Å². The summed E-state index contributed by atoms with van der Waals surface area (Å²) < 4.78 is 0. The van der Waals surface area contributed by atoms with Crippen molar-refractivity contribution < 1.29 is 4.79 Å². The van der Waals surface area contributed by atoms with Gasteiger partial charge in [-0.05, 0) is 37.3 Å². The van der Waals surface area contributed by atoms with Crippen molar-refractivity contribution in [2.24, 2.45) is 0 Å². The van der Waals surface area contributed by atoms with Crippen LogP contribution < -0.4 is 10.2 Å². The van der Waals surface area contributed by atoms with Crippen molar-refractivity contribution in [2.75, 3.05) is 17.3 Å². The fourth-order valence-electron chi connectivity index (χ4n) is 2.37. The van der Waals surface area contributed by atoms with Crippen molar-refractivity contribution in [3.63, 3.8) is 0 Å². The van der Waals surface area contributed by atoms with Crippen LogP contribution in [0.5, 0.6) is 0 Å². The van der Waals surface area contributed by atoms with Gasteiger partial charge in [0, 0.05) is 18.4 Å². The highest BCUT2D eigenvalue weighted by Gasteiger charge is 2.15. The van der Waals surface area contributed by atoms with Crippen LogP contribution >= 0.6 is 23.2 Å². The molecule has 132 valence electrons. The third kappa shape index (κ3) is 3.95. The van der Waals surface area contributed by atoms with Gasteiger partial charge in [0.2, 0.25) is 5.95 Å². The van der Waals surface area contributed by atoms with E-state index < -0.39 is 0 Å². The Morgan fingerprint density at radius 1 is 1.04 bits per heavy atom. The van der Waals surface area contributed by atoms with Crippen LogP contribution in [0.4, 0.5) is 17.3 Å². The lowest BCUT2D eigenvalue weighted by atomic mass is 10.2. The number of halogens is 2. The molecular formula is C19H16Cl2N4O. The van der Waals surface area contributed by atoms with Crippen molar-refractivity contribution in [2.45, 2.75) is 6.92 Å². The van der Waals surface area contributed by atoms with Gasteiger partial charge in [-0.25, -0.2) is 9.97 Å². The molecule has 0 saturated carbocycles. The van der Waals surface area contributed by atoms with Crippen LogP contribution in [0.2, 0.25) is 10.0 Å². The summed E-state index contributed by atoms with van der Waals surface area (Å²) in [5.74, 6) is 0.0425. The Labute approximate surface area is 161 Å². The Hall–Kier alpha value is -2.63. The first-order valence-electron chi connectivity index (χ1n) is 7.85. The predicted molar refractivity (Wildman–Crippen MR) is 106 cm³/mol. The normalized spacial score (nSPS) is 10.5. The second kappa shape index (κ2) is 7.72. The van der Waals surface area contributed by atoms with Gasteiger partial charge in [0.1, 0.15) is 5.69 Å². The minimum atomic E-state index is -0.387. The van der Waals surface area contributed by atoms with E-state index >= 15 is 0 Å². The fraction of sp³-hybridized carbons (Fsp3) is 0.105. The highest BCUT2D eigenvalue weighted by atomic mass is 35.5. The number of carbonyl (C=O) groups excluding carboxylic acids is 1. The van der Waals surface area contributed by atoms with Gasteiger partial charge in [0.05, 0.1) is 15.7 Å². The summed E-state index contributed by atoms with van der Waals surface area (Å²) in [6.07, 6.45) is 0. The maximum Gasteiger partial charge on any atom is 0.274 e. The van der Waals surface area contributed by atoms with E-state index in [2.05, 4.69) is 15.3 Å². The molecule has 3 aromatic rings. The average Bonchev–Trinajstić information content (AvgIpc) is 2.65. The second-order valence-corrected chi connectivity index (χ2v) is 6.43. The summed E-state index contributed by atoms with van der Waals surface area (Å²) in [6, 6.07) is 16.3. The first-order chi connectivity index (χ1) is 12.5. The molecule has 0 aliphatic rings. The van der Waals surface area contributed by atoms with Crippen LogP contribution in [0.15, 0.2) is 54.6 Å². The third-order valence-electron chi connectivity index (χ3n) is 3.72. The molecule has 1 aromatic heterocycles. The molecule has 0 aliphatic carbocycles. The summed E-state index contributed by atoms with van der Waals surface area (Å²) in [5, 5.41) is 3.39. The molecular weight excluding hydrogens is 371 g/mol. The summed E-state index contributed by atoms with van der Waals surface area (Å²) >= 11 is 12.1. The number of aromatic nitrogens is 2. The number of nitrogens with zero attached hydrogens (tertiary/aromatic N) is 3. The largest absolute Gasteiger partial charge is 0.319 e. The Bertz CT molecular complexity index is 948. The van der Waals surface area contributed by atoms with Crippen molar-refractivity contribution in [1.29, 1.82) is 0 Å². The second-order valence-electron chi connectivity index (χ2n) is 5.64. The molecule has 0 unspecified atom stereocenters. The van der Waals surface area contributed by atoms with Crippen LogP contribution in [0, 0.1) is 6.92 Å². The molecule has 0 atom stereocenters. The number of benzene rings is 2. The molecule has 26 heavy (non-hydrogen) atoms. The molecule has 0 fully saturated rings. The highest BCUT2D eigenvalue weighted by molar-refractivity contribution is 6.44. The van der Waals surface area contributed by atoms with E-state index in [-0.39, 0.29) is 16.6 Å². The Morgan fingerprint density at radius 2 is 1.77 bits per heavy atom. The van der Waals surface area contributed by atoms with E-state index in [1.807, 2.05) is 49.2 Å². The van der Waals surface area contributed by atoms with Crippen molar-refractivity contribution >= 4 is 46.4 Å². The maximum absolute atomic E-state index is 12.6. The molecule has 1 amide bonds. The lowest BCUT2D eigenvalue weighted by Gasteiger charge is -2.18. The molecule has 1 N–H and O–H groups in total. The van der Waals surface area contributed by atoms with Gasteiger partial charge in [-0.2, -0.15) is 0 Å². The number of rotatable bonds is 4. The number of aryl methyl sites for hydroxylation is 1. The molecule has 0 spiro atoms. The number of hydrogen-bond donors (Lipinski definition) is 1. The zero-order valence-corrected chi connectivity index (χ0v) is 15.7. The van der Waals surface area contributed by atoms with E-state index in [1.165, 1.54) is 0 Å². The fourth-order valence-corrected chi connectivity index (χ4v) is 2.72. The van der Waals surface area contributed by atoms with Crippen LogP contribution in [-0.4, -0.2) is 22.9 Å². The lowest BCUT2D eigenvalue weighted by molar-refractivity contribution is 0.102. The van der Waals surface area contributed by atoms with E-state index in [4.69, 9.17) is 23.2 Å². The minimum Gasteiger partial charge on any atom is -0.319 e. The molecule has 0 saturated heterocycles. The zero-order chi connectivity index (χ0) is 18.7. The number of anilines is 3. The van der Waals surface area contributed by atoms with Crippen molar-refractivity contribution in [3.8, 4) is 0 Å². The summed E-state index contributed by atoms with van der Waals surface area (Å²) in [7, 11) is 1.85. The smallest absolute Gasteiger partial charge is 0.274 e. The summed E-state index contributed by atoms with van der Waals surface area (Å²) in [6.45, 7) is 1.81. The quantitative estimate of drug-likeness (QED) is 0.676. The molecule has 2 aromatic carbocycles. The summed E-state index contributed by atoms with van der Waals surface area (Å²) in [4.78, 5) is 23.2. The van der Waals surface area contributed by atoms with Gasteiger partial charge in [-0.1, -0.05) is 47.5 Å². The molecule has 0 aliphatic heterocycles. The van der Waals surface area contributed by atoms with Crippen LogP contribution in [-0.2, 0) is 0 Å². The maximum atomic E-state index is 12.6. The SMILES string of the molecule is Cc1cc(C(=O)Nc2cccc(Cl)c2Cl)nc(N(C)c2ccccc2)n1. The van der Waals surface area contributed by atoms with Gasteiger partial charge < -0.3 is 10.2 Å². The van der Waals surface area contributed by atoms with E-state index in [1.54, 1.807) is 24.3 Å². The van der Waals surface area contributed by atoms with E-state index in [0.29, 0.717) is 22.4 Å². The molecule has 0 radical (unpaired) electrons. The van der Waals surface area contributed by atoms with Gasteiger partial charge in [-0.3, -0.25) is 4.79 Å². The Morgan fingerprint density at radius 3 is 2.50 bits per heavy atom. The summed E-state index contributed by atoms with van der Waals surface area (Å²) in [5.41, 5.74) is 2.27. The number of carbonyl (C=O) groups is 1. The van der Waals surface area contributed by atoms with E-state index in [9.17, 15) is 4.79 Å². The average molecular weight is 387 g/mol. The van der Waals surface area contributed by atoms with Gasteiger partial charge in [0.15, 0.2) is 0 Å². The third-order valence-corrected chi connectivity index (χ3v) is 4.54. The first-order valence-corrected chi connectivity index (χ1v) is 8.61. The number of para-hydroxylation sites is 1. The lowest BCUT2D eigenvalue weighted by Crippen LogP contribution is -2.19. The Balaban J connectivity index is 1.90. The van der Waals surface area contributed by atoms with Crippen LogP contribution in [0.3, 0.4) is 0 Å². The van der Waals surface area contributed by atoms with Crippen LogP contribution in [0.1, 0.15) is 16.2 Å². The number of amides is 1. The van der Waals surface area contributed by atoms with Crippen molar-refractivity contribution in [3.05, 3.63) is 76.0 Å². The van der Waals surface area contributed by atoms with E-state index in [0.717, 1.165) is 5.69 Å². The monoisotopic (exact) mass is 386 g/mol. The molecule has 5 nitrogen and oxygen atoms in total. The van der Waals surface area contributed by atoms with Crippen LogP contribution in [0.25, 0.3) is 0 Å². The highest BCUT2D eigenvalue weighted by Crippen LogP contribution is 2.30. The minimum absolute atomic E-state index is 0.242. The number of nitrogens with one attached hydrogen (secondary N) is 1. The zero-order valence-electron chi connectivity index (χ0n) is 14.2. The molecule has 3 rings (SSSR count). The Kier molecular flexibility index (Phi) is 5.40. The van der Waals surface area contributed by atoms with Gasteiger partial charge in [0.25, 0.3) is 5.91 Å². The predicted octanol–water partition coefficient (Wildman–Crippen LogP) is 5.11. The molecule has 1 heterocycles. The van der Waals surface area contributed by atoms with Crippen molar-refractivity contribution in [1.82, 2.24) is 9.97 Å². The first kappa shape index (κ1) is 18.2. The molecule has 0 bridgehead atoms.